The van der Waals surface area contributed by atoms with Crippen LogP contribution in [0.4, 0.5) is 0 Å². The SMILES string of the molecule is CCN(C1CCCC1)[C@@H]1CNC[C@H]1O. The second-order valence-electron chi connectivity index (χ2n) is 4.56. The van der Waals surface area contributed by atoms with E-state index in [0.717, 1.165) is 25.7 Å². The molecule has 1 heterocycles. The lowest BCUT2D eigenvalue weighted by Crippen LogP contribution is -2.47. The van der Waals surface area contributed by atoms with Gasteiger partial charge in [0.1, 0.15) is 0 Å². The van der Waals surface area contributed by atoms with Crippen molar-refractivity contribution in [2.45, 2.75) is 50.8 Å². The van der Waals surface area contributed by atoms with Crippen LogP contribution in [0, 0.1) is 0 Å². The minimum atomic E-state index is -0.157. The van der Waals surface area contributed by atoms with Crippen molar-refractivity contribution in [1.29, 1.82) is 0 Å². The Hall–Kier alpha value is -0.120. The Bertz CT molecular complexity index is 180. The zero-order valence-corrected chi connectivity index (χ0v) is 9.08. The van der Waals surface area contributed by atoms with Crippen molar-refractivity contribution in [2.24, 2.45) is 0 Å². The van der Waals surface area contributed by atoms with Gasteiger partial charge in [-0.15, -0.1) is 0 Å². The number of likely N-dealkylation sites (N-methyl/N-ethyl adjacent to an activating group) is 1. The van der Waals surface area contributed by atoms with Crippen LogP contribution in [-0.4, -0.2) is 47.8 Å². The molecule has 0 aromatic rings. The summed E-state index contributed by atoms with van der Waals surface area (Å²) in [5.74, 6) is 0. The van der Waals surface area contributed by atoms with Crippen LogP contribution in [0.2, 0.25) is 0 Å². The van der Waals surface area contributed by atoms with Crippen LogP contribution in [0.15, 0.2) is 0 Å². The van der Waals surface area contributed by atoms with E-state index in [1.807, 2.05) is 0 Å². The van der Waals surface area contributed by atoms with Crippen molar-refractivity contribution in [3.8, 4) is 0 Å². The summed E-state index contributed by atoms with van der Waals surface area (Å²) in [5, 5.41) is 13.1. The minimum absolute atomic E-state index is 0.157. The van der Waals surface area contributed by atoms with Gasteiger partial charge in [0.05, 0.1) is 6.10 Å². The van der Waals surface area contributed by atoms with Gasteiger partial charge in [-0.3, -0.25) is 4.90 Å². The number of rotatable bonds is 3. The monoisotopic (exact) mass is 198 g/mol. The van der Waals surface area contributed by atoms with Crippen LogP contribution >= 0.6 is 0 Å². The van der Waals surface area contributed by atoms with Crippen LogP contribution < -0.4 is 5.32 Å². The second kappa shape index (κ2) is 4.60. The smallest absolute Gasteiger partial charge is 0.0831 e. The number of aliphatic hydroxyl groups excluding tert-OH is 1. The number of hydrogen-bond donors (Lipinski definition) is 2. The summed E-state index contributed by atoms with van der Waals surface area (Å²) in [7, 11) is 0. The van der Waals surface area contributed by atoms with Crippen LogP contribution in [0.5, 0.6) is 0 Å². The molecule has 1 saturated heterocycles. The number of β-amino-alcohol motifs (C(OH)–C–C–N with tert-alkyl or cyclic N) is 1. The average Bonchev–Trinajstić information content (AvgIpc) is 2.80. The highest BCUT2D eigenvalue weighted by atomic mass is 16.3. The molecule has 0 bridgehead atoms. The molecule has 82 valence electrons. The Morgan fingerprint density at radius 1 is 1.29 bits per heavy atom. The van der Waals surface area contributed by atoms with Gasteiger partial charge in [-0.05, 0) is 19.4 Å². The van der Waals surface area contributed by atoms with E-state index in [2.05, 4.69) is 17.1 Å². The maximum atomic E-state index is 9.85. The first-order valence-corrected chi connectivity index (χ1v) is 5.97. The molecule has 0 unspecified atom stereocenters. The topological polar surface area (TPSA) is 35.5 Å². The minimum Gasteiger partial charge on any atom is -0.390 e. The van der Waals surface area contributed by atoms with Gasteiger partial charge in [-0.1, -0.05) is 19.8 Å². The van der Waals surface area contributed by atoms with Gasteiger partial charge in [0.25, 0.3) is 0 Å². The second-order valence-corrected chi connectivity index (χ2v) is 4.56. The summed E-state index contributed by atoms with van der Waals surface area (Å²) in [4.78, 5) is 2.51. The summed E-state index contributed by atoms with van der Waals surface area (Å²) in [6.07, 6.45) is 5.25. The molecule has 0 amide bonds. The van der Waals surface area contributed by atoms with Crippen LogP contribution in [0.25, 0.3) is 0 Å². The molecule has 1 aliphatic carbocycles. The van der Waals surface area contributed by atoms with E-state index >= 15 is 0 Å². The summed E-state index contributed by atoms with van der Waals surface area (Å²) < 4.78 is 0. The number of nitrogens with one attached hydrogen (secondary N) is 1. The van der Waals surface area contributed by atoms with Gasteiger partial charge in [-0.25, -0.2) is 0 Å². The summed E-state index contributed by atoms with van der Waals surface area (Å²) in [6, 6.07) is 1.10. The molecule has 2 atom stereocenters. The average molecular weight is 198 g/mol. The predicted octanol–water partition coefficient (Wildman–Crippen LogP) is 0.584. The van der Waals surface area contributed by atoms with Gasteiger partial charge in [0.15, 0.2) is 0 Å². The lowest BCUT2D eigenvalue weighted by molar-refractivity contribution is 0.0590. The van der Waals surface area contributed by atoms with Crippen molar-refractivity contribution >= 4 is 0 Å². The van der Waals surface area contributed by atoms with E-state index in [-0.39, 0.29) is 6.10 Å². The van der Waals surface area contributed by atoms with Crippen LogP contribution in [-0.2, 0) is 0 Å². The molecule has 3 nitrogen and oxygen atoms in total. The Kier molecular flexibility index (Phi) is 3.42. The summed E-state index contributed by atoms with van der Waals surface area (Å²) in [6.45, 7) is 5.02. The van der Waals surface area contributed by atoms with Crippen molar-refractivity contribution < 1.29 is 5.11 Å². The number of nitrogens with zero attached hydrogens (tertiary/aromatic N) is 1. The molecule has 0 radical (unpaired) electrons. The molecule has 0 spiro atoms. The lowest BCUT2D eigenvalue weighted by Gasteiger charge is -2.34. The molecule has 14 heavy (non-hydrogen) atoms. The number of hydrogen-bond acceptors (Lipinski definition) is 3. The third-order valence-corrected chi connectivity index (χ3v) is 3.74. The quantitative estimate of drug-likeness (QED) is 0.696. The maximum Gasteiger partial charge on any atom is 0.0831 e. The van der Waals surface area contributed by atoms with Crippen molar-refractivity contribution in [1.82, 2.24) is 10.2 Å². The first-order valence-electron chi connectivity index (χ1n) is 5.97. The number of aliphatic hydroxyl groups is 1. The van der Waals surface area contributed by atoms with E-state index in [0.29, 0.717) is 6.04 Å². The Morgan fingerprint density at radius 2 is 2.00 bits per heavy atom. The normalized spacial score (nSPS) is 34.5. The predicted molar refractivity (Wildman–Crippen MR) is 57.3 cm³/mol. The van der Waals surface area contributed by atoms with Gasteiger partial charge in [-0.2, -0.15) is 0 Å². The Morgan fingerprint density at radius 3 is 2.50 bits per heavy atom. The molecule has 2 fully saturated rings. The van der Waals surface area contributed by atoms with Crippen LogP contribution in [0.1, 0.15) is 32.6 Å². The maximum absolute atomic E-state index is 9.85. The fourth-order valence-electron chi connectivity index (χ4n) is 2.99. The fourth-order valence-corrected chi connectivity index (χ4v) is 2.99. The largest absolute Gasteiger partial charge is 0.390 e. The summed E-state index contributed by atoms with van der Waals surface area (Å²) in [5.41, 5.74) is 0. The van der Waals surface area contributed by atoms with Crippen molar-refractivity contribution in [3.05, 3.63) is 0 Å². The van der Waals surface area contributed by atoms with E-state index < -0.39 is 0 Å². The highest BCUT2D eigenvalue weighted by molar-refractivity contribution is 4.92. The Labute approximate surface area is 86.5 Å². The lowest BCUT2D eigenvalue weighted by atomic mass is 10.1. The molecule has 0 aromatic heterocycles. The first kappa shape index (κ1) is 10.4. The zero-order valence-electron chi connectivity index (χ0n) is 9.08. The standard InChI is InChI=1S/C11H22N2O/c1-2-13(9-5-3-4-6-9)10-7-12-8-11(10)14/h9-12,14H,2-8H2,1H3/t10-,11-/m1/s1. The van der Waals surface area contributed by atoms with Gasteiger partial charge in [0.2, 0.25) is 0 Å². The molecule has 1 saturated carbocycles. The fraction of sp³-hybridized carbons (Fsp3) is 1.00. The van der Waals surface area contributed by atoms with Crippen molar-refractivity contribution in [3.63, 3.8) is 0 Å². The summed E-state index contributed by atoms with van der Waals surface area (Å²) >= 11 is 0. The van der Waals surface area contributed by atoms with Crippen molar-refractivity contribution in [2.75, 3.05) is 19.6 Å². The third kappa shape index (κ3) is 1.95. The Balaban J connectivity index is 1.96. The van der Waals surface area contributed by atoms with Gasteiger partial charge >= 0.3 is 0 Å². The molecule has 3 heteroatoms. The molecule has 1 aliphatic heterocycles. The third-order valence-electron chi connectivity index (χ3n) is 3.74. The first-order chi connectivity index (χ1) is 6.83. The van der Waals surface area contributed by atoms with Crippen LogP contribution in [0.3, 0.4) is 0 Å². The molecule has 2 aliphatic rings. The highest BCUT2D eigenvalue weighted by Gasteiger charge is 2.34. The highest BCUT2D eigenvalue weighted by Crippen LogP contribution is 2.26. The van der Waals surface area contributed by atoms with Gasteiger partial charge < -0.3 is 10.4 Å². The molecule has 0 aromatic carbocycles. The zero-order chi connectivity index (χ0) is 9.97. The molecular formula is C11H22N2O. The van der Waals surface area contributed by atoms with E-state index in [1.165, 1.54) is 25.7 Å². The molecular weight excluding hydrogens is 176 g/mol. The van der Waals surface area contributed by atoms with E-state index in [9.17, 15) is 5.11 Å². The van der Waals surface area contributed by atoms with E-state index in [1.54, 1.807) is 0 Å². The molecule has 2 N–H and O–H groups in total. The molecule has 2 rings (SSSR count). The van der Waals surface area contributed by atoms with E-state index in [4.69, 9.17) is 0 Å². The van der Waals surface area contributed by atoms with Gasteiger partial charge in [0, 0.05) is 25.2 Å².